The molecular weight excluding hydrogens is 426 g/mol. The number of carbonyl (C=O) groups excluding carboxylic acids is 1. The smallest absolute Gasteiger partial charge is 0.291 e. The van der Waals surface area contributed by atoms with Crippen molar-refractivity contribution in [3.63, 3.8) is 0 Å². The third-order valence-electron chi connectivity index (χ3n) is 7.06. The van der Waals surface area contributed by atoms with Crippen LogP contribution in [-0.4, -0.2) is 50.8 Å². The standard InChI is InChI=1S/C27H31N5O2/c1-5-23(26(33)30-13-14-31(19(3)17-30)20-10-8-9-18(2)15-20)32-24-12-7-6-11-21(24)22-16-28-29(4)27(34)25(22)32/h6-12,15-16,19,23H,5,13-14,17H2,1-4H3/t19-,23+/m1/s1. The summed E-state index contributed by atoms with van der Waals surface area (Å²) >= 11 is 0. The number of benzene rings is 2. The number of para-hydroxylation sites is 1. The predicted molar refractivity (Wildman–Crippen MR) is 136 cm³/mol. The number of aromatic nitrogens is 3. The molecule has 0 N–H and O–H groups in total. The average Bonchev–Trinajstić information content (AvgIpc) is 3.17. The largest absolute Gasteiger partial charge is 0.365 e. The third kappa shape index (κ3) is 3.56. The molecule has 34 heavy (non-hydrogen) atoms. The van der Waals surface area contributed by atoms with Crippen LogP contribution in [-0.2, 0) is 11.8 Å². The van der Waals surface area contributed by atoms with Gasteiger partial charge in [-0.1, -0.05) is 37.3 Å². The third-order valence-corrected chi connectivity index (χ3v) is 7.06. The number of carbonyl (C=O) groups is 1. The van der Waals surface area contributed by atoms with Gasteiger partial charge in [-0.25, -0.2) is 4.68 Å². The van der Waals surface area contributed by atoms with Gasteiger partial charge >= 0.3 is 0 Å². The van der Waals surface area contributed by atoms with E-state index in [1.807, 2.05) is 40.7 Å². The predicted octanol–water partition coefficient (Wildman–Crippen LogP) is 3.89. The van der Waals surface area contributed by atoms with E-state index in [2.05, 4.69) is 48.1 Å². The first-order valence-electron chi connectivity index (χ1n) is 12.0. The molecule has 0 radical (unpaired) electrons. The number of anilines is 1. The van der Waals surface area contributed by atoms with Crippen molar-refractivity contribution in [3.8, 4) is 0 Å². The van der Waals surface area contributed by atoms with Gasteiger partial charge in [-0.2, -0.15) is 5.10 Å². The van der Waals surface area contributed by atoms with Crippen molar-refractivity contribution in [3.05, 3.63) is 70.6 Å². The highest BCUT2D eigenvalue weighted by molar-refractivity contribution is 6.08. The second-order valence-electron chi connectivity index (χ2n) is 9.31. The fraction of sp³-hybridized carbons (Fsp3) is 0.370. The van der Waals surface area contributed by atoms with Crippen molar-refractivity contribution in [1.29, 1.82) is 0 Å². The van der Waals surface area contributed by atoms with E-state index in [1.165, 1.54) is 15.9 Å². The number of hydrogen-bond acceptors (Lipinski definition) is 4. The number of aryl methyl sites for hydroxylation is 2. The van der Waals surface area contributed by atoms with Gasteiger partial charge in [0.25, 0.3) is 5.56 Å². The molecule has 7 nitrogen and oxygen atoms in total. The normalized spacial score (nSPS) is 17.5. The molecule has 0 unspecified atom stereocenters. The van der Waals surface area contributed by atoms with Crippen molar-refractivity contribution in [2.45, 2.75) is 39.3 Å². The van der Waals surface area contributed by atoms with Gasteiger partial charge in [-0.15, -0.1) is 0 Å². The van der Waals surface area contributed by atoms with Crippen LogP contribution >= 0.6 is 0 Å². The Kier molecular flexibility index (Phi) is 5.63. The monoisotopic (exact) mass is 457 g/mol. The number of amides is 1. The molecule has 2 atom stereocenters. The van der Waals surface area contributed by atoms with Crippen molar-refractivity contribution in [2.24, 2.45) is 7.05 Å². The lowest BCUT2D eigenvalue weighted by molar-refractivity contribution is -0.135. The van der Waals surface area contributed by atoms with Gasteiger partial charge in [-0.05, 0) is 44.0 Å². The van der Waals surface area contributed by atoms with Crippen LogP contribution in [0, 0.1) is 6.92 Å². The van der Waals surface area contributed by atoms with Crippen molar-refractivity contribution in [1.82, 2.24) is 19.2 Å². The van der Waals surface area contributed by atoms with E-state index in [-0.39, 0.29) is 17.5 Å². The van der Waals surface area contributed by atoms with Gasteiger partial charge in [-0.3, -0.25) is 9.59 Å². The number of fused-ring (bicyclic) bond motifs is 3. The molecule has 1 aliphatic rings. The summed E-state index contributed by atoms with van der Waals surface area (Å²) in [5, 5.41) is 5.98. The maximum absolute atomic E-state index is 13.9. The molecule has 176 valence electrons. The van der Waals surface area contributed by atoms with Crippen molar-refractivity contribution in [2.75, 3.05) is 24.5 Å². The Morgan fingerprint density at radius 3 is 2.65 bits per heavy atom. The van der Waals surface area contributed by atoms with Gasteiger partial charge in [0.1, 0.15) is 11.6 Å². The van der Waals surface area contributed by atoms with Crippen LogP contribution in [0.15, 0.2) is 59.5 Å². The molecule has 4 aromatic rings. The molecule has 0 saturated carbocycles. The molecule has 2 aromatic heterocycles. The average molecular weight is 458 g/mol. The summed E-state index contributed by atoms with van der Waals surface area (Å²) in [4.78, 5) is 31.4. The van der Waals surface area contributed by atoms with E-state index in [1.54, 1.807) is 13.2 Å². The zero-order chi connectivity index (χ0) is 24.0. The highest BCUT2D eigenvalue weighted by Gasteiger charge is 2.33. The molecule has 1 saturated heterocycles. The molecule has 0 aliphatic carbocycles. The molecule has 1 amide bonds. The first-order valence-corrected chi connectivity index (χ1v) is 12.0. The van der Waals surface area contributed by atoms with Gasteiger partial charge in [0.15, 0.2) is 0 Å². The Balaban J connectivity index is 1.51. The van der Waals surface area contributed by atoms with Crippen molar-refractivity contribution < 1.29 is 4.79 Å². The number of nitrogens with zero attached hydrogens (tertiary/aromatic N) is 5. The van der Waals surface area contributed by atoms with E-state index in [0.717, 1.165) is 22.8 Å². The number of piperazine rings is 1. The fourth-order valence-electron chi connectivity index (χ4n) is 5.34. The number of hydrogen-bond donors (Lipinski definition) is 0. The Morgan fingerprint density at radius 1 is 1.12 bits per heavy atom. The molecule has 3 heterocycles. The summed E-state index contributed by atoms with van der Waals surface area (Å²) < 4.78 is 3.30. The Labute approximate surface area is 199 Å². The van der Waals surface area contributed by atoms with E-state index in [9.17, 15) is 9.59 Å². The minimum absolute atomic E-state index is 0.0692. The maximum Gasteiger partial charge on any atom is 0.291 e. The van der Waals surface area contributed by atoms with Crippen LogP contribution in [0.2, 0.25) is 0 Å². The van der Waals surface area contributed by atoms with E-state index in [0.29, 0.717) is 25.0 Å². The summed E-state index contributed by atoms with van der Waals surface area (Å²) in [6.45, 7) is 8.38. The highest BCUT2D eigenvalue weighted by atomic mass is 16.2. The van der Waals surface area contributed by atoms with Crippen LogP contribution < -0.4 is 10.5 Å². The highest BCUT2D eigenvalue weighted by Crippen LogP contribution is 2.32. The van der Waals surface area contributed by atoms with E-state index in [4.69, 9.17) is 0 Å². The second kappa shape index (κ2) is 8.63. The fourth-order valence-corrected chi connectivity index (χ4v) is 5.34. The zero-order valence-electron chi connectivity index (χ0n) is 20.2. The van der Waals surface area contributed by atoms with Crippen molar-refractivity contribution >= 4 is 33.4 Å². The first kappa shape index (κ1) is 22.2. The van der Waals surface area contributed by atoms with E-state index < -0.39 is 6.04 Å². The molecule has 2 aromatic carbocycles. The Bertz CT molecular complexity index is 1440. The quantitative estimate of drug-likeness (QED) is 0.467. The van der Waals surface area contributed by atoms with Gasteiger partial charge in [0, 0.05) is 49.2 Å². The van der Waals surface area contributed by atoms with Gasteiger partial charge in [0.2, 0.25) is 5.91 Å². The molecule has 5 rings (SSSR count). The van der Waals surface area contributed by atoms with Crippen LogP contribution in [0.25, 0.3) is 21.8 Å². The second-order valence-corrected chi connectivity index (χ2v) is 9.31. The lowest BCUT2D eigenvalue weighted by Gasteiger charge is -2.42. The van der Waals surface area contributed by atoms with Gasteiger partial charge in [0.05, 0.1) is 11.7 Å². The molecule has 1 fully saturated rings. The molecule has 1 aliphatic heterocycles. The van der Waals surface area contributed by atoms with Gasteiger partial charge < -0.3 is 14.4 Å². The lowest BCUT2D eigenvalue weighted by Crippen LogP contribution is -2.55. The number of rotatable bonds is 4. The molecule has 7 heteroatoms. The maximum atomic E-state index is 13.9. The zero-order valence-corrected chi connectivity index (χ0v) is 20.2. The topological polar surface area (TPSA) is 63.4 Å². The molecular formula is C27H31N5O2. The Hall–Kier alpha value is -3.61. The minimum Gasteiger partial charge on any atom is -0.365 e. The minimum atomic E-state index is -0.449. The summed E-state index contributed by atoms with van der Waals surface area (Å²) in [7, 11) is 1.65. The molecule has 0 bridgehead atoms. The van der Waals surface area contributed by atoms with E-state index >= 15 is 0 Å². The summed E-state index contributed by atoms with van der Waals surface area (Å²) in [5.74, 6) is 0.0692. The van der Waals surface area contributed by atoms with Crippen LogP contribution in [0.1, 0.15) is 31.9 Å². The SMILES string of the molecule is CC[C@@H](C(=O)N1CCN(c2cccc(C)c2)[C@H](C)C1)n1c2ccccc2c2cnn(C)c(=O)c21. The summed E-state index contributed by atoms with van der Waals surface area (Å²) in [6.07, 6.45) is 2.33. The first-order chi connectivity index (χ1) is 16.4. The lowest BCUT2D eigenvalue weighted by atomic mass is 10.1. The van der Waals surface area contributed by atoms with Crippen LogP contribution in [0.3, 0.4) is 0 Å². The van der Waals surface area contributed by atoms with Crippen LogP contribution in [0.4, 0.5) is 5.69 Å². The Morgan fingerprint density at radius 2 is 1.91 bits per heavy atom. The van der Waals surface area contributed by atoms with Crippen LogP contribution in [0.5, 0.6) is 0 Å². The molecule has 0 spiro atoms. The summed E-state index contributed by atoms with van der Waals surface area (Å²) in [5.41, 5.74) is 3.69. The summed E-state index contributed by atoms with van der Waals surface area (Å²) in [6, 6.07) is 16.2.